The van der Waals surface area contributed by atoms with E-state index in [0.29, 0.717) is 11.6 Å². The van der Waals surface area contributed by atoms with Gasteiger partial charge in [-0.15, -0.1) is 0 Å². The molecule has 0 saturated carbocycles. The number of H-pyrrole nitrogens is 1. The SMILES string of the molecule is Cc1cnc(Nn2cccc2)nc1-c1c[nH]c(C(=O)N[C@H](CO)c2ccccc2)c1. The van der Waals surface area contributed by atoms with Crippen LogP contribution in [0.1, 0.15) is 27.7 Å². The summed E-state index contributed by atoms with van der Waals surface area (Å²) in [6.45, 7) is 1.72. The van der Waals surface area contributed by atoms with Crippen LogP contribution in [0.2, 0.25) is 0 Å². The molecule has 1 aromatic carbocycles. The lowest BCUT2D eigenvalue weighted by atomic mass is 10.1. The maximum absolute atomic E-state index is 12.7. The van der Waals surface area contributed by atoms with E-state index in [4.69, 9.17) is 0 Å². The minimum absolute atomic E-state index is 0.192. The number of carbonyl (C=O) groups is 1. The average molecular weight is 402 g/mol. The largest absolute Gasteiger partial charge is 0.394 e. The summed E-state index contributed by atoms with van der Waals surface area (Å²) in [7, 11) is 0. The third-order valence-corrected chi connectivity index (χ3v) is 4.70. The van der Waals surface area contributed by atoms with Crippen LogP contribution < -0.4 is 10.7 Å². The first-order chi connectivity index (χ1) is 14.6. The molecule has 0 bridgehead atoms. The van der Waals surface area contributed by atoms with Gasteiger partial charge >= 0.3 is 0 Å². The molecule has 1 amide bonds. The molecule has 0 unspecified atom stereocenters. The lowest BCUT2D eigenvalue weighted by molar-refractivity contribution is 0.0912. The van der Waals surface area contributed by atoms with E-state index in [9.17, 15) is 9.90 Å². The predicted octanol–water partition coefficient (Wildman–Crippen LogP) is 2.92. The minimum Gasteiger partial charge on any atom is -0.394 e. The lowest BCUT2D eigenvalue weighted by Crippen LogP contribution is -2.30. The molecule has 0 radical (unpaired) electrons. The summed E-state index contributed by atoms with van der Waals surface area (Å²) in [5.74, 6) is 0.143. The molecule has 4 rings (SSSR count). The number of amides is 1. The Kier molecular flexibility index (Phi) is 5.58. The van der Waals surface area contributed by atoms with Crippen molar-refractivity contribution in [1.29, 1.82) is 0 Å². The summed E-state index contributed by atoms with van der Waals surface area (Å²) >= 11 is 0. The number of anilines is 1. The normalized spacial score (nSPS) is 11.8. The average Bonchev–Trinajstić information content (AvgIpc) is 3.46. The van der Waals surface area contributed by atoms with Gasteiger partial charge in [0.15, 0.2) is 0 Å². The molecule has 0 fully saturated rings. The Balaban J connectivity index is 1.53. The fourth-order valence-electron chi connectivity index (χ4n) is 3.13. The quantitative estimate of drug-likeness (QED) is 0.380. The van der Waals surface area contributed by atoms with Crippen molar-refractivity contribution in [1.82, 2.24) is 24.9 Å². The van der Waals surface area contributed by atoms with Crippen molar-refractivity contribution in [3.63, 3.8) is 0 Å². The van der Waals surface area contributed by atoms with Gasteiger partial charge in [0.2, 0.25) is 5.95 Å². The summed E-state index contributed by atoms with van der Waals surface area (Å²) in [6, 6.07) is 14.4. The first-order valence-electron chi connectivity index (χ1n) is 9.53. The van der Waals surface area contributed by atoms with E-state index in [2.05, 4.69) is 25.7 Å². The van der Waals surface area contributed by atoms with Crippen LogP contribution in [0.25, 0.3) is 11.3 Å². The molecule has 3 aromatic heterocycles. The second-order valence-corrected chi connectivity index (χ2v) is 6.85. The Hall–Kier alpha value is -3.91. The molecule has 0 aliphatic heterocycles. The zero-order valence-corrected chi connectivity index (χ0v) is 16.4. The van der Waals surface area contributed by atoms with Gasteiger partial charge in [-0.05, 0) is 36.2 Å². The van der Waals surface area contributed by atoms with Gasteiger partial charge in [-0.1, -0.05) is 30.3 Å². The van der Waals surface area contributed by atoms with Crippen LogP contribution >= 0.6 is 0 Å². The van der Waals surface area contributed by atoms with E-state index in [1.165, 1.54) is 0 Å². The molecule has 30 heavy (non-hydrogen) atoms. The van der Waals surface area contributed by atoms with E-state index >= 15 is 0 Å². The Morgan fingerprint density at radius 3 is 2.70 bits per heavy atom. The van der Waals surface area contributed by atoms with Gasteiger partial charge in [0.1, 0.15) is 5.69 Å². The fraction of sp³-hybridized carbons (Fsp3) is 0.136. The predicted molar refractivity (Wildman–Crippen MR) is 114 cm³/mol. The molecule has 0 saturated heterocycles. The first kappa shape index (κ1) is 19.4. The van der Waals surface area contributed by atoms with E-state index in [0.717, 1.165) is 22.4 Å². The second kappa shape index (κ2) is 8.62. The molecule has 4 N–H and O–H groups in total. The van der Waals surface area contributed by atoms with Gasteiger partial charge in [-0.3, -0.25) is 14.9 Å². The number of aliphatic hydroxyl groups is 1. The highest BCUT2D eigenvalue weighted by Gasteiger charge is 2.17. The van der Waals surface area contributed by atoms with E-state index in [-0.39, 0.29) is 12.5 Å². The summed E-state index contributed by atoms with van der Waals surface area (Å²) in [5, 5.41) is 12.5. The lowest BCUT2D eigenvalue weighted by Gasteiger charge is -2.16. The van der Waals surface area contributed by atoms with E-state index < -0.39 is 6.04 Å². The third kappa shape index (κ3) is 4.23. The summed E-state index contributed by atoms with van der Waals surface area (Å²) < 4.78 is 1.75. The zero-order chi connectivity index (χ0) is 20.9. The maximum atomic E-state index is 12.7. The smallest absolute Gasteiger partial charge is 0.268 e. The number of nitrogens with zero attached hydrogens (tertiary/aromatic N) is 3. The number of hydrogen-bond acceptors (Lipinski definition) is 5. The number of aliphatic hydroxyl groups excluding tert-OH is 1. The van der Waals surface area contributed by atoms with Gasteiger partial charge in [0.05, 0.1) is 18.3 Å². The van der Waals surface area contributed by atoms with Crippen LogP contribution in [0.3, 0.4) is 0 Å². The Morgan fingerprint density at radius 1 is 1.20 bits per heavy atom. The summed E-state index contributed by atoms with van der Waals surface area (Å²) in [6.07, 6.45) is 7.18. The number of aryl methyl sites for hydroxylation is 1. The van der Waals surface area contributed by atoms with Crippen LogP contribution in [-0.4, -0.2) is 37.2 Å². The van der Waals surface area contributed by atoms with Crippen molar-refractivity contribution >= 4 is 11.9 Å². The van der Waals surface area contributed by atoms with E-state index in [1.807, 2.05) is 61.8 Å². The highest BCUT2D eigenvalue weighted by molar-refractivity contribution is 5.94. The first-order valence-corrected chi connectivity index (χ1v) is 9.53. The third-order valence-electron chi connectivity index (χ3n) is 4.70. The Morgan fingerprint density at radius 2 is 1.97 bits per heavy atom. The van der Waals surface area contributed by atoms with E-state index in [1.54, 1.807) is 23.1 Å². The number of aromatic nitrogens is 4. The molecule has 0 spiro atoms. The molecular formula is C22H22N6O2. The van der Waals surface area contributed by atoms with Crippen molar-refractivity contribution in [3.05, 3.63) is 90.1 Å². The second-order valence-electron chi connectivity index (χ2n) is 6.85. The zero-order valence-electron chi connectivity index (χ0n) is 16.4. The van der Waals surface area contributed by atoms with Crippen molar-refractivity contribution in [2.45, 2.75) is 13.0 Å². The highest BCUT2D eigenvalue weighted by Crippen LogP contribution is 2.23. The van der Waals surface area contributed by atoms with Crippen LogP contribution in [0, 0.1) is 6.92 Å². The molecule has 152 valence electrons. The van der Waals surface area contributed by atoms with Gasteiger partial charge in [-0.25, -0.2) is 9.97 Å². The number of rotatable bonds is 7. The molecule has 0 aliphatic carbocycles. The number of aromatic amines is 1. The summed E-state index contributed by atoms with van der Waals surface area (Å²) in [4.78, 5) is 24.6. The molecular weight excluding hydrogens is 380 g/mol. The highest BCUT2D eigenvalue weighted by atomic mass is 16.3. The standard InChI is InChI=1S/C22H22N6O2/c1-15-12-24-22(27-28-9-5-6-10-28)26-20(15)17-11-18(23-13-17)21(30)25-19(14-29)16-7-3-2-4-8-16/h2-13,19,23,29H,14H2,1H3,(H,25,30)(H,24,26,27)/t19-/m1/s1. The van der Waals surface area contributed by atoms with Gasteiger partial charge in [-0.2, -0.15) is 0 Å². The molecule has 8 heteroatoms. The van der Waals surface area contributed by atoms with Crippen LogP contribution in [0.5, 0.6) is 0 Å². The van der Waals surface area contributed by atoms with Crippen molar-refractivity contribution in [3.8, 4) is 11.3 Å². The molecule has 3 heterocycles. The molecule has 1 atom stereocenters. The van der Waals surface area contributed by atoms with Crippen molar-refractivity contribution in [2.24, 2.45) is 0 Å². The van der Waals surface area contributed by atoms with Crippen LogP contribution in [-0.2, 0) is 0 Å². The molecule has 8 nitrogen and oxygen atoms in total. The van der Waals surface area contributed by atoms with Crippen LogP contribution in [0.15, 0.2) is 73.3 Å². The molecule has 4 aromatic rings. The van der Waals surface area contributed by atoms with Crippen molar-refractivity contribution in [2.75, 3.05) is 12.0 Å². The number of hydrogen-bond donors (Lipinski definition) is 4. The molecule has 0 aliphatic rings. The van der Waals surface area contributed by atoms with Gasteiger partial charge in [0.25, 0.3) is 5.91 Å². The van der Waals surface area contributed by atoms with Gasteiger partial charge < -0.3 is 15.4 Å². The van der Waals surface area contributed by atoms with Gasteiger partial charge in [0, 0.05) is 30.4 Å². The number of nitrogens with one attached hydrogen (secondary N) is 3. The topological polar surface area (TPSA) is 108 Å². The van der Waals surface area contributed by atoms with Crippen molar-refractivity contribution < 1.29 is 9.90 Å². The Labute approximate surface area is 173 Å². The summed E-state index contributed by atoms with van der Waals surface area (Å²) in [5.41, 5.74) is 6.69. The fourth-order valence-corrected chi connectivity index (χ4v) is 3.13. The van der Waals surface area contributed by atoms with Crippen LogP contribution in [0.4, 0.5) is 5.95 Å². The number of carbonyl (C=O) groups excluding carboxylic acids is 1. The minimum atomic E-state index is -0.483. The monoisotopic (exact) mass is 402 g/mol. The number of benzene rings is 1. The Bertz CT molecular complexity index is 1120. The maximum Gasteiger partial charge on any atom is 0.268 e.